The van der Waals surface area contributed by atoms with E-state index in [1.165, 1.54) is 5.57 Å². The molecule has 14 heavy (non-hydrogen) atoms. The van der Waals surface area contributed by atoms with Gasteiger partial charge in [-0.1, -0.05) is 30.7 Å². The first-order valence-corrected chi connectivity index (χ1v) is 5.09. The van der Waals surface area contributed by atoms with Crippen LogP contribution < -0.4 is 0 Å². The van der Waals surface area contributed by atoms with E-state index in [1.807, 2.05) is 6.92 Å². The van der Waals surface area contributed by atoms with Crippen LogP contribution in [-0.2, 0) is 9.53 Å². The van der Waals surface area contributed by atoms with Crippen LogP contribution >= 0.6 is 0 Å². The van der Waals surface area contributed by atoms with Gasteiger partial charge in [0.2, 0.25) is 0 Å². The molecular formula is C12H18O2. The number of carbonyl (C=O) groups is 1. The SMILES string of the molecule is CCC(=O)C(OC)C1C=CCC=C1C. The highest BCUT2D eigenvalue weighted by Crippen LogP contribution is 2.24. The van der Waals surface area contributed by atoms with Crippen molar-refractivity contribution in [3.63, 3.8) is 0 Å². The Labute approximate surface area is 85.6 Å². The second-order valence-corrected chi connectivity index (χ2v) is 3.61. The van der Waals surface area contributed by atoms with Gasteiger partial charge in [-0.05, 0) is 13.3 Å². The second-order valence-electron chi connectivity index (χ2n) is 3.61. The lowest BCUT2D eigenvalue weighted by Crippen LogP contribution is -2.31. The Balaban J connectivity index is 2.78. The predicted molar refractivity (Wildman–Crippen MR) is 57.1 cm³/mol. The largest absolute Gasteiger partial charge is 0.373 e. The van der Waals surface area contributed by atoms with Gasteiger partial charge in [0.05, 0.1) is 0 Å². The summed E-state index contributed by atoms with van der Waals surface area (Å²) in [5, 5.41) is 0. The Hall–Kier alpha value is -0.890. The molecule has 0 aromatic heterocycles. The van der Waals surface area contributed by atoms with Crippen molar-refractivity contribution in [2.45, 2.75) is 32.8 Å². The molecule has 1 rings (SSSR count). The quantitative estimate of drug-likeness (QED) is 0.643. The van der Waals surface area contributed by atoms with E-state index >= 15 is 0 Å². The van der Waals surface area contributed by atoms with Crippen LogP contribution in [0.25, 0.3) is 0 Å². The van der Waals surface area contributed by atoms with Crippen LogP contribution in [-0.4, -0.2) is 19.0 Å². The van der Waals surface area contributed by atoms with Crippen LogP contribution in [0.15, 0.2) is 23.8 Å². The Bertz CT molecular complexity index is 263. The molecule has 2 unspecified atom stereocenters. The lowest BCUT2D eigenvalue weighted by Gasteiger charge is -2.24. The Morgan fingerprint density at radius 1 is 1.71 bits per heavy atom. The first kappa shape index (κ1) is 11.2. The van der Waals surface area contributed by atoms with Crippen molar-refractivity contribution in [2.75, 3.05) is 7.11 Å². The molecule has 1 aliphatic rings. The average molecular weight is 194 g/mol. The molecule has 2 heteroatoms. The molecule has 0 spiro atoms. The molecule has 0 saturated heterocycles. The van der Waals surface area contributed by atoms with Gasteiger partial charge in [0.1, 0.15) is 6.10 Å². The monoisotopic (exact) mass is 194 g/mol. The summed E-state index contributed by atoms with van der Waals surface area (Å²) in [7, 11) is 1.61. The van der Waals surface area contributed by atoms with E-state index in [4.69, 9.17) is 4.74 Å². The summed E-state index contributed by atoms with van der Waals surface area (Å²) in [6.07, 6.45) is 7.53. The first-order chi connectivity index (χ1) is 6.70. The third-order valence-corrected chi connectivity index (χ3v) is 2.69. The van der Waals surface area contributed by atoms with Crippen molar-refractivity contribution in [3.05, 3.63) is 23.8 Å². The molecule has 0 aromatic carbocycles. The van der Waals surface area contributed by atoms with Gasteiger partial charge in [-0.25, -0.2) is 0 Å². The van der Waals surface area contributed by atoms with Gasteiger partial charge in [-0.3, -0.25) is 4.79 Å². The van der Waals surface area contributed by atoms with Crippen molar-refractivity contribution in [3.8, 4) is 0 Å². The summed E-state index contributed by atoms with van der Waals surface area (Å²) in [4.78, 5) is 11.6. The Kier molecular flexibility index (Phi) is 4.08. The maximum atomic E-state index is 11.6. The van der Waals surface area contributed by atoms with Gasteiger partial charge in [-0.2, -0.15) is 0 Å². The van der Waals surface area contributed by atoms with Gasteiger partial charge in [0.15, 0.2) is 5.78 Å². The average Bonchev–Trinajstić information content (AvgIpc) is 2.21. The molecule has 0 amide bonds. The standard InChI is InChI=1S/C12H18O2/c1-4-11(13)12(14-3)10-8-6-5-7-9(10)2/h6-8,10,12H,4-5H2,1-3H3. The molecule has 2 atom stereocenters. The summed E-state index contributed by atoms with van der Waals surface area (Å²) >= 11 is 0. The number of rotatable bonds is 4. The fourth-order valence-corrected chi connectivity index (χ4v) is 1.79. The molecule has 0 heterocycles. The number of hydrogen-bond donors (Lipinski definition) is 0. The Morgan fingerprint density at radius 2 is 2.43 bits per heavy atom. The number of methoxy groups -OCH3 is 1. The van der Waals surface area contributed by atoms with Gasteiger partial charge in [0.25, 0.3) is 0 Å². The molecule has 0 saturated carbocycles. The molecule has 1 aliphatic carbocycles. The van der Waals surface area contributed by atoms with Crippen molar-refractivity contribution in [1.82, 2.24) is 0 Å². The van der Waals surface area contributed by atoms with Crippen molar-refractivity contribution in [1.29, 1.82) is 0 Å². The number of ether oxygens (including phenoxy) is 1. The predicted octanol–water partition coefficient (Wildman–Crippen LogP) is 2.50. The van der Waals surface area contributed by atoms with Crippen LogP contribution in [0, 0.1) is 5.92 Å². The van der Waals surface area contributed by atoms with E-state index in [0.717, 1.165) is 6.42 Å². The molecule has 0 aromatic rings. The highest BCUT2D eigenvalue weighted by molar-refractivity contribution is 5.83. The third kappa shape index (κ3) is 2.32. The van der Waals surface area contributed by atoms with Crippen LogP contribution in [0.2, 0.25) is 0 Å². The first-order valence-electron chi connectivity index (χ1n) is 5.09. The van der Waals surface area contributed by atoms with Gasteiger partial charge < -0.3 is 4.74 Å². The number of hydrogen-bond acceptors (Lipinski definition) is 2. The number of carbonyl (C=O) groups excluding carboxylic acids is 1. The molecule has 0 fully saturated rings. The van der Waals surface area contributed by atoms with Gasteiger partial charge in [-0.15, -0.1) is 0 Å². The van der Waals surface area contributed by atoms with Crippen molar-refractivity contribution in [2.24, 2.45) is 5.92 Å². The number of ketones is 1. The zero-order chi connectivity index (χ0) is 10.6. The zero-order valence-electron chi connectivity index (χ0n) is 9.12. The van der Waals surface area contributed by atoms with Crippen LogP contribution in [0.4, 0.5) is 0 Å². The topological polar surface area (TPSA) is 26.3 Å². The Morgan fingerprint density at radius 3 is 2.93 bits per heavy atom. The molecule has 2 nitrogen and oxygen atoms in total. The summed E-state index contributed by atoms with van der Waals surface area (Å²) < 4.78 is 5.27. The third-order valence-electron chi connectivity index (χ3n) is 2.69. The normalized spacial score (nSPS) is 23.1. The van der Waals surface area contributed by atoms with Crippen LogP contribution in [0.5, 0.6) is 0 Å². The molecule has 0 bridgehead atoms. The van der Waals surface area contributed by atoms with Crippen LogP contribution in [0.1, 0.15) is 26.7 Å². The fraction of sp³-hybridized carbons (Fsp3) is 0.583. The minimum Gasteiger partial charge on any atom is -0.373 e. The molecule has 0 aliphatic heterocycles. The number of allylic oxidation sites excluding steroid dienone is 2. The van der Waals surface area contributed by atoms with E-state index < -0.39 is 0 Å². The minimum atomic E-state index is -0.298. The molecule has 0 N–H and O–H groups in total. The lowest BCUT2D eigenvalue weighted by molar-refractivity contribution is -0.129. The molecular weight excluding hydrogens is 176 g/mol. The zero-order valence-corrected chi connectivity index (χ0v) is 9.12. The van der Waals surface area contributed by atoms with Crippen molar-refractivity contribution >= 4 is 5.78 Å². The molecule has 78 valence electrons. The lowest BCUT2D eigenvalue weighted by atomic mass is 9.87. The summed E-state index contributed by atoms with van der Waals surface area (Å²) in [5.74, 6) is 0.318. The number of Topliss-reactive ketones (excluding diaryl/α,β-unsaturated/α-hetero) is 1. The van der Waals surface area contributed by atoms with E-state index in [0.29, 0.717) is 6.42 Å². The maximum absolute atomic E-state index is 11.6. The molecule has 0 radical (unpaired) electrons. The highest BCUT2D eigenvalue weighted by Gasteiger charge is 2.26. The summed E-state index contributed by atoms with van der Waals surface area (Å²) in [5.41, 5.74) is 1.24. The van der Waals surface area contributed by atoms with Gasteiger partial charge in [0, 0.05) is 19.4 Å². The van der Waals surface area contributed by atoms with E-state index in [9.17, 15) is 4.79 Å². The maximum Gasteiger partial charge on any atom is 0.162 e. The van der Waals surface area contributed by atoms with Gasteiger partial charge >= 0.3 is 0 Å². The van der Waals surface area contributed by atoms with E-state index in [-0.39, 0.29) is 17.8 Å². The minimum absolute atomic E-state index is 0.140. The van der Waals surface area contributed by atoms with Crippen LogP contribution in [0.3, 0.4) is 0 Å². The van der Waals surface area contributed by atoms with E-state index in [1.54, 1.807) is 7.11 Å². The smallest absolute Gasteiger partial charge is 0.162 e. The summed E-state index contributed by atoms with van der Waals surface area (Å²) in [6.45, 7) is 3.93. The van der Waals surface area contributed by atoms with Crippen molar-refractivity contribution < 1.29 is 9.53 Å². The van der Waals surface area contributed by atoms with E-state index in [2.05, 4.69) is 25.2 Å². The highest BCUT2D eigenvalue weighted by atomic mass is 16.5. The fourth-order valence-electron chi connectivity index (χ4n) is 1.79. The summed E-state index contributed by atoms with van der Waals surface area (Å²) in [6, 6.07) is 0. The second kappa shape index (κ2) is 5.11.